The second kappa shape index (κ2) is 12.1. The minimum absolute atomic E-state index is 0.468. The lowest BCUT2D eigenvalue weighted by molar-refractivity contribution is 0.620. The molecule has 0 aliphatic rings. The maximum absolute atomic E-state index is 6.70. The van der Waals surface area contributed by atoms with Gasteiger partial charge in [-0.1, -0.05) is 127 Å². The van der Waals surface area contributed by atoms with Crippen molar-refractivity contribution in [1.29, 1.82) is 0 Å². The number of hydrogen-bond donors (Lipinski definition) is 0. The zero-order valence-electron chi connectivity index (χ0n) is 28.8. The molecule has 0 amide bonds. The van der Waals surface area contributed by atoms with Crippen LogP contribution in [0.2, 0.25) is 0 Å². The maximum atomic E-state index is 6.70. The van der Waals surface area contributed by atoms with E-state index in [1.807, 2.05) is 72.8 Å². The summed E-state index contributed by atoms with van der Waals surface area (Å²) in [4.78, 5) is 20.8. The molecule has 0 aliphatic heterocycles. The Hall–Kier alpha value is -7.44. The van der Waals surface area contributed by atoms with Gasteiger partial charge in [0.15, 0.2) is 23.1 Å². The molecule has 3 heterocycles. The molecule has 0 radical (unpaired) electrons. The summed E-state index contributed by atoms with van der Waals surface area (Å²) in [7, 11) is 0. The second-order valence-electron chi connectivity index (χ2n) is 13.4. The highest BCUT2D eigenvalue weighted by Gasteiger charge is 2.25. The van der Waals surface area contributed by atoms with E-state index in [4.69, 9.17) is 28.8 Å². The van der Waals surface area contributed by atoms with Crippen molar-refractivity contribution in [2.75, 3.05) is 0 Å². The largest absolute Gasteiger partial charge is 0.456 e. The Bertz CT molecular complexity index is 3220. The van der Waals surface area contributed by atoms with Crippen molar-refractivity contribution in [1.82, 2.24) is 19.9 Å². The molecule has 0 saturated heterocycles. The third-order valence-corrected chi connectivity index (χ3v) is 10.1. The molecule has 0 saturated carbocycles. The Labute approximate surface area is 309 Å². The monoisotopic (exact) mass is 692 g/mol. The summed E-state index contributed by atoms with van der Waals surface area (Å²) in [6.45, 7) is 0. The zero-order valence-corrected chi connectivity index (χ0v) is 28.8. The summed E-state index contributed by atoms with van der Waals surface area (Å²) in [5, 5.41) is 6.29. The van der Waals surface area contributed by atoms with E-state index in [0.717, 1.165) is 65.7 Å². The van der Waals surface area contributed by atoms with Gasteiger partial charge in [0.2, 0.25) is 5.89 Å². The Balaban J connectivity index is 1.24. The van der Waals surface area contributed by atoms with Crippen molar-refractivity contribution in [2.45, 2.75) is 0 Å². The van der Waals surface area contributed by atoms with Gasteiger partial charge in [0.1, 0.15) is 16.7 Å². The first-order chi connectivity index (χ1) is 26.7. The molecule has 252 valence electrons. The Morgan fingerprint density at radius 3 is 1.81 bits per heavy atom. The lowest BCUT2D eigenvalue weighted by atomic mass is 9.95. The van der Waals surface area contributed by atoms with Gasteiger partial charge in [-0.05, 0) is 69.1 Å². The summed E-state index contributed by atoms with van der Waals surface area (Å²) >= 11 is 0. The fraction of sp³-hybridized carbons (Fsp3) is 0. The van der Waals surface area contributed by atoms with Gasteiger partial charge >= 0.3 is 0 Å². The van der Waals surface area contributed by atoms with Crippen LogP contribution in [0.3, 0.4) is 0 Å². The van der Waals surface area contributed by atoms with E-state index < -0.39 is 0 Å². The summed E-state index contributed by atoms with van der Waals surface area (Å²) in [6, 6.07) is 57.8. The van der Waals surface area contributed by atoms with Gasteiger partial charge in [-0.15, -0.1) is 0 Å². The van der Waals surface area contributed by atoms with Crippen molar-refractivity contribution in [3.05, 3.63) is 170 Å². The fourth-order valence-corrected chi connectivity index (χ4v) is 7.56. The van der Waals surface area contributed by atoms with Crippen LogP contribution in [0.1, 0.15) is 0 Å². The number of furan rings is 1. The first-order valence-electron chi connectivity index (χ1n) is 17.9. The molecule has 0 bridgehead atoms. The summed E-state index contributed by atoms with van der Waals surface area (Å²) in [5.74, 6) is 2.08. The van der Waals surface area contributed by atoms with E-state index in [1.165, 1.54) is 0 Å². The molecule has 0 unspecified atom stereocenters. The van der Waals surface area contributed by atoms with Crippen LogP contribution in [0, 0.1) is 0 Å². The van der Waals surface area contributed by atoms with Crippen molar-refractivity contribution in [2.24, 2.45) is 0 Å². The number of para-hydroxylation sites is 1. The topological polar surface area (TPSA) is 77.8 Å². The van der Waals surface area contributed by atoms with E-state index in [1.54, 1.807) is 0 Å². The highest BCUT2D eigenvalue weighted by molar-refractivity contribution is 6.18. The average molecular weight is 693 g/mol. The fourth-order valence-electron chi connectivity index (χ4n) is 7.56. The predicted octanol–water partition coefficient (Wildman–Crippen LogP) is 12.6. The number of aromatic nitrogens is 4. The van der Waals surface area contributed by atoms with Crippen LogP contribution in [0.5, 0.6) is 0 Å². The van der Waals surface area contributed by atoms with Crippen LogP contribution in [-0.2, 0) is 0 Å². The van der Waals surface area contributed by atoms with Gasteiger partial charge < -0.3 is 8.83 Å². The van der Waals surface area contributed by atoms with Crippen molar-refractivity contribution >= 4 is 54.6 Å². The summed E-state index contributed by atoms with van der Waals surface area (Å²) in [5.41, 5.74) is 8.23. The Morgan fingerprint density at radius 1 is 0.370 bits per heavy atom. The smallest absolute Gasteiger partial charge is 0.227 e. The molecular formula is C48H28N4O2. The van der Waals surface area contributed by atoms with Crippen molar-refractivity contribution < 1.29 is 8.83 Å². The lowest BCUT2D eigenvalue weighted by Crippen LogP contribution is -2.01. The minimum atomic E-state index is 0.468. The molecule has 0 spiro atoms. The molecule has 6 heteroatoms. The van der Waals surface area contributed by atoms with Crippen LogP contribution in [-0.4, -0.2) is 19.9 Å². The number of hydrogen-bond acceptors (Lipinski definition) is 6. The van der Waals surface area contributed by atoms with E-state index >= 15 is 0 Å². The summed E-state index contributed by atoms with van der Waals surface area (Å²) < 4.78 is 13.2. The Kier molecular flexibility index (Phi) is 6.75. The third-order valence-electron chi connectivity index (χ3n) is 10.1. The zero-order chi connectivity index (χ0) is 35.6. The van der Waals surface area contributed by atoms with Gasteiger partial charge in [0.25, 0.3) is 0 Å². The van der Waals surface area contributed by atoms with Crippen molar-refractivity contribution in [3.8, 4) is 56.7 Å². The van der Waals surface area contributed by atoms with E-state index in [9.17, 15) is 0 Å². The van der Waals surface area contributed by atoms with Gasteiger partial charge in [-0.2, -0.15) is 0 Å². The minimum Gasteiger partial charge on any atom is -0.456 e. The van der Waals surface area contributed by atoms with Gasteiger partial charge in [0, 0.05) is 33.5 Å². The lowest BCUT2D eigenvalue weighted by Gasteiger charge is -2.13. The predicted molar refractivity (Wildman–Crippen MR) is 217 cm³/mol. The van der Waals surface area contributed by atoms with E-state index in [2.05, 4.69) is 97.1 Å². The van der Waals surface area contributed by atoms with Gasteiger partial charge in [0.05, 0.1) is 5.56 Å². The first-order valence-corrected chi connectivity index (χ1v) is 17.9. The van der Waals surface area contributed by atoms with Crippen LogP contribution in [0.25, 0.3) is 111 Å². The van der Waals surface area contributed by atoms with Gasteiger partial charge in [-0.25, -0.2) is 19.9 Å². The molecular weight excluding hydrogens is 665 g/mol. The number of fused-ring (bicyclic) bond motifs is 6. The van der Waals surface area contributed by atoms with Crippen LogP contribution < -0.4 is 0 Å². The first kappa shape index (κ1) is 30.2. The molecule has 0 aliphatic carbocycles. The molecule has 0 N–H and O–H groups in total. The standard InChI is InChI=1S/C48H28N4O2/c1-3-14-30(15-4-1)38-27-35(26-33-19-9-10-20-36(33)38)46-50-45(34-24-23-29-13-7-8-18-32(29)25-34)51-47(52-46)43-42-37-21-11-12-22-40(37)53-41(42)28-39-44(43)54-48(49-39)31-16-5-2-6-17-31/h1-28H. The Morgan fingerprint density at radius 2 is 1.00 bits per heavy atom. The molecule has 0 fully saturated rings. The average Bonchev–Trinajstić information content (AvgIpc) is 3.84. The highest BCUT2D eigenvalue weighted by Crippen LogP contribution is 2.43. The number of benzene rings is 8. The number of oxazole rings is 1. The number of rotatable bonds is 5. The normalized spacial score (nSPS) is 11.7. The number of nitrogens with zero attached hydrogens (tertiary/aromatic N) is 4. The van der Waals surface area contributed by atoms with Crippen LogP contribution in [0.4, 0.5) is 0 Å². The van der Waals surface area contributed by atoms with Crippen LogP contribution >= 0.6 is 0 Å². The van der Waals surface area contributed by atoms with E-state index in [0.29, 0.717) is 45.6 Å². The second-order valence-corrected chi connectivity index (χ2v) is 13.4. The molecule has 54 heavy (non-hydrogen) atoms. The van der Waals surface area contributed by atoms with E-state index in [-0.39, 0.29) is 0 Å². The maximum Gasteiger partial charge on any atom is 0.227 e. The molecule has 11 rings (SSSR count). The third kappa shape index (κ3) is 4.96. The van der Waals surface area contributed by atoms with Crippen LogP contribution in [0.15, 0.2) is 179 Å². The molecule has 11 aromatic rings. The summed E-state index contributed by atoms with van der Waals surface area (Å²) in [6.07, 6.45) is 0. The molecule has 0 atom stereocenters. The quantitative estimate of drug-likeness (QED) is 0.179. The van der Waals surface area contributed by atoms with Crippen molar-refractivity contribution in [3.63, 3.8) is 0 Å². The molecule has 8 aromatic carbocycles. The molecule has 3 aromatic heterocycles. The van der Waals surface area contributed by atoms with Gasteiger partial charge in [-0.3, -0.25) is 0 Å². The SMILES string of the molecule is c1ccc(-c2nc3cc4oc5ccccc5c4c(-c4nc(-c5ccc6ccccc6c5)nc(-c5cc(-c6ccccc6)c6ccccc6c5)n4)c3o2)cc1. The molecule has 6 nitrogen and oxygen atoms in total. The highest BCUT2D eigenvalue weighted by atomic mass is 16.4.